The summed E-state index contributed by atoms with van der Waals surface area (Å²) in [5, 5.41) is 0. The second kappa shape index (κ2) is 13.8. The second-order valence-electron chi connectivity index (χ2n) is 7.87. The largest absolute Gasteiger partial charge is 0.482 e. The summed E-state index contributed by atoms with van der Waals surface area (Å²) in [5.74, 6) is -0.790. The van der Waals surface area contributed by atoms with Gasteiger partial charge in [0.1, 0.15) is 34.5 Å². The topological polar surface area (TPSA) is 107 Å². The quantitative estimate of drug-likeness (QED) is 0.192. The van der Waals surface area contributed by atoms with Crippen LogP contribution >= 0.6 is 0 Å². The molecule has 9 nitrogen and oxygen atoms in total. The van der Waals surface area contributed by atoms with E-state index in [0.29, 0.717) is 17.2 Å². The molecular formula is C30H24O9. The summed E-state index contributed by atoms with van der Waals surface area (Å²) in [7, 11) is 0. The van der Waals surface area contributed by atoms with Crippen molar-refractivity contribution < 1.29 is 42.8 Å². The van der Waals surface area contributed by atoms with Crippen molar-refractivity contribution in [3.05, 3.63) is 109 Å². The Bertz CT molecular complexity index is 1190. The highest BCUT2D eigenvalue weighted by atomic mass is 16.6. The third kappa shape index (κ3) is 9.25. The van der Waals surface area contributed by atoms with Crippen LogP contribution in [0.5, 0.6) is 34.5 Å². The van der Waals surface area contributed by atoms with E-state index in [-0.39, 0.29) is 37.1 Å². The molecule has 0 aromatic heterocycles. The van der Waals surface area contributed by atoms with Crippen LogP contribution in [0.1, 0.15) is 0 Å². The lowest BCUT2D eigenvalue weighted by atomic mass is 10.3. The third-order valence-electron chi connectivity index (χ3n) is 4.85. The van der Waals surface area contributed by atoms with Crippen LogP contribution in [0.3, 0.4) is 0 Å². The summed E-state index contributed by atoms with van der Waals surface area (Å²) in [6.45, 7) is -1.13. The van der Waals surface area contributed by atoms with Crippen LogP contribution < -0.4 is 28.4 Å². The minimum atomic E-state index is -0.723. The van der Waals surface area contributed by atoms with Gasteiger partial charge in [0.05, 0.1) is 0 Å². The molecule has 0 bridgehead atoms. The predicted molar refractivity (Wildman–Crippen MR) is 139 cm³/mol. The molecule has 0 unspecified atom stereocenters. The molecule has 0 atom stereocenters. The first-order valence-electron chi connectivity index (χ1n) is 11.8. The molecule has 0 aliphatic carbocycles. The van der Waals surface area contributed by atoms with Crippen molar-refractivity contribution in [1.29, 1.82) is 0 Å². The number of carbonyl (C=O) groups is 3. The molecule has 0 heterocycles. The normalized spacial score (nSPS) is 10.2. The zero-order valence-electron chi connectivity index (χ0n) is 20.7. The molecule has 0 spiro atoms. The van der Waals surface area contributed by atoms with Gasteiger partial charge in [0.15, 0.2) is 19.8 Å². The van der Waals surface area contributed by atoms with Crippen LogP contribution in [0.2, 0.25) is 0 Å². The van der Waals surface area contributed by atoms with E-state index in [0.717, 1.165) is 0 Å². The van der Waals surface area contributed by atoms with Crippen LogP contribution in [0.25, 0.3) is 0 Å². The summed E-state index contributed by atoms with van der Waals surface area (Å²) < 4.78 is 32.2. The summed E-state index contributed by atoms with van der Waals surface area (Å²) in [4.78, 5) is 37.1. The molecular weight excluding hydrogens is 504 g/mol. The first-order chi connectivity index (χ1) is 19.0. The van der Waals surface area contributed by atoms with E-state index in [1.807, 2.05) is 18.2 Å². The fourth-order valence-corrected chi connectivity index (χ4v) is 3.18. The van der Waals surface area contributed by atoms with E-state index in [2.05, 4.69) is 0 Å². The number of hydrogen-bond donors (Lipinski definition) is 0. The number of hydrogen-bond acceptors (Lipinski definition) is 9. The van der Waals surface area contributed by atoms with E-state index in [4.69, 9.17) is 28.4 Å². The number of para-hydroxylation sites is 3. The highest BCUT2D eigenvalue weighted by Crippen LogP contribution is 2.29. The molecule has 0 fully saturated rings. The monoisotopic (exact) mass is 528 g/mol. The van der Waals surface area contributed by atoms with Crippen molar-refractivity contribution >= 4 is 17.9 Å². The van der Waals surface area contributed by atoms with Gasteiger partial charge in [0.25, 0.3) is 0 Å². The van der Waals surface area contributed by atoms with Gasteiger partial charge in [-0.2, -0.15) is 0 Å². The van der Waals surface area contributed by atoms with Crippen LogP contribution in [0.4, 0.5) is 0 Å². The number of ether oxygens (including phenoxy) is 6. The molecule has 4 rings (SSSR count). The highest BCUT2D eigenvalue weighted by molar-refractivity contribution is 5.77. The van der Waals surface area contributed by atoms with E-state index >= 15 is 0 Å². The summed E-state index contributed by atoms with van der Waals surface area (Å²) in [5.41, 5.74) is 0. The number of benzene rings is 4. The molecule has 198 valence electrons. The van der Waals surface area contributed by atoms with Crippen LogP contribution in [-0.4, -0.2) is 37.7 Å². The van der Waals surface area contributed by atoms with Crippen LogP contribution in [0, 0.1) is 0 Å². The van der Waals surface area contributed by atoms with Crippen molar-refractivity contribution in [3.8, 4) is 34.5 Å². The van der Waals surface area contributed by atoms with Gasteiger partial charge in [0.2, 0.25) is 0 Å². The molecule has 0 N–H and O–H groups in total. The Balaban J connectivity index is 1.41. The van der Waals surface area contributed by atoms with Crippen molar-refractivity contribution in [2.75, 3.05) is 19.8 Å². The van der Waals surface area contributed by atoms with Gasteiger partial charge in [-0.15, -0.1) is 0 Å². The van der Waals surface area contributed by atoms with Gasteiger partial charge in [-0.05, 0) is 36.4 Å². The lowest BCUT2D eigenvalue weighted by Gasteiger charge is -2.12. The average Bonchev–Trinajstić information content (AvgIpc) is 2.95. The fourth-order valence-electron chi connectivity index (χ4n) is 3.18. The molecule has 0 saturated heterocycles. The lowest BCUT2D eigenvalue weighted by molar-refractivity contribution is -0.137. The van der Waals surface area contributed by atoms with E-state index in [1.54, 1.807) is 72.8 Å². The molecule has 4 aromatic rings. The SMILES string of the molecule is O=C(COc1ccccc1)Oc1cc(OC(=O)COc2ccccc2)cc(OC(=O)COc2ccccc2)c1. The minimum absolute atomic E-state index is 0.0299. The fraction of sp³-hybridized carbons (Fsp3) is 0.100. The molecule has 0 saturated carbocycles. The zero-order valence-corrected chi connectivity index (χ0v) is 20.7. The van der Waals surface area contributed by atoms with E-state index in [1.165, 1.54) is 18.2 Å². The van der Waals surface area contributed by atoms with Crippen LogP contribution in [0.15, 0.2) is 109 Å². The lowest BCUT2D eigenvalue weighted by Crippen LogP contribution is -2.20. The molecule has 0 aliphatic heterocycles. The first kappa shape index (κ1) is 26.7. The minimum Gasteiger partial charge on any atom is -0.482 e. The van der Waals surface area contributed by atoms with Crippen molar-refractivity contribution in [1.82, 2.24) is 0 Å². The molecule has 0 aliphatic rings. The standard InChI is InChI=1S/C30H24O9/c31-28(19-34-22-10-4-1-5-11-22)37-25-16-26(38-29(32)20-35-23-12-6-2-7-13-23)18-27(17-25)39-30(33)21-36-24-14-8-3-9-15-24/h1-18H,19-21H2. The van der Waals surface area contributed by atoms with Crippen molar-refractivity contribution in [2.24, 2.45) is 0 Å². The molecule has 4 aromatic carbocycles. The van der Waals surface area contributed by atoms with Gasteiger partial charge in [0, 0.05) is 18.2 Å². The van der Waals surface area contributed by atoms with Gasteiger partial charge in [-0.3, -0.25) is 0 Å². The number of carbonyl (C=O) groups excluding carboxylic acids is 3. The Morgan fingerprint density at radius 1 is 0.385 bits per heavy atom. The Hall–Kier alpha value is -5.31. The Kier molecular flexibility index (Phi) is 9.50. The Morgan fingerprint density at radius 3 is 0.897 bits per heavy atom. The Morgan fingerprint density at radius 2 is 0.641 bits per heavy atom. The maximum absolute atomic E-state index is 12.4. The maximum atomic E-state index is 12.4. The van der Waals surface area contributed by atoms with Gasteiger partial charge >= 0.3 is 17.9 Å². The molecule has 9 heteroatoms. The number of esters is 3. The smallest absolute Gasteiger partial charge is 0.349 e. The average molecular weight is 529 g/mol. The number of rotatable bonds is 12. The van der Waals surface area contributed by atoms with Crippen molar-refractivity contribution in [3.63, 3.8) is 0 Å². The maximum Gasteiger partial charge on any atom is 0.349 e. The van der Waals surface area contributed by atoms with E-state index in [9.17, 15) is 14.4 Å². The van der Waals surface area contributed by atoms with Gasteiger partial charge < -0.3 is 28.4 Å². The molecule has 0 radical (unpaired) electrons. The second-order valence-corrected chi connectivity index (χ2v) is 7.87. The van der Waals surface area contributed by atoms with Crippen molar-refractivity contribution in [2.45, 2.75) is 0 Å². The summed E-state index contributed by atoms with van der Waals surface area (Å²) >= 11 is 0. The predicted octanol–water partition coefficient (Wildman–Crippen LogP) is 4.64. The highest BCUT2D eigenvalue weighted by Gasteiger charge is 2.15. The Labute approximate surface area is 224 Å². The van der Waals surface area contributed by atoms with Gasteiger partial charge in [-0.25, -0.2) is 14.4 Å². The van der Waals surface area contributed by atoms with Crippen LogP contribution in [-0.2, 0) is 14.4 Å². The van der Waals surface area contributed by atoms with E-state index < -0.39 is 17.9 Å². The summed E-state index contributed by atoms with van der Waals surface area (Å²) in [6, 6.07) is 30.1. The third-order valence-corrected chi connectivity index (χ3v) is 4.85. The first-order valence-corrected chi connectivity index (χ1v) is 11.8. The van der Waals surface area contributed by atoms with Gasteiger partial charge in [-0.1, -0.05) is 54.6 Å². The zero-order chi connectivity index (χ0) is 27.3. The molecule has 39 heavy (non-hydrogen) atoms. The molecule has 0 amide bonds. The summed E-state index contributed by atoms with van der Waals surface area (Å²) in [6.07, 6.45) is 0.